The van der Waals surface area contributed by atoms with Gasteiger partial charge in [-0.25, -0.2) is 13.6 Å². The number of hydrogen-bond acceptors (Lipinski definition) is 3. The number of amides is 1. The maximum atomic E-state index is 13.6. The van der Waals surface area contributed by atoms with E-state index < -0.39 is 24.5 Å². The van der Waals surface area contributed by atoms with E-state index >= 15 is 0 Å². The van der Waals surface area contributed by atoms with E-state index in [-0.39, 0.29) is 25.9 Å². The van der Waals surface area contributed by atoms with E-state index in [1.807, 2.05) is 6.07 Å². The molecule has 0 N–H and O–H groups in total. The average molecular weight is 283 g/mol. The van der Waals surface area contributed by atoms with Gasteiger partial charge in [-0.2, -0.15) is 0 Å². The van der Waals surface area contributed by atoms with Gasteiger partial charge in [0.25, 0.3) is 5.92 Å². The summed E-state index contributed by atoms with van der Waals surface area (Å²) in [6, 6.07) is 8.98. The molecule has 1 fully saturated rings. The van der Waals surface area contributed by atoms with Gasteiger partial charge in [-0.15, -0.1) is 0 Å². The highest BCUT2D eigenvalue weighted by Gasteiger charge is 2.46. The summed E-state index contributed by atoms with van der Waals surface area (Å²) in [5.74, 6) is -4.51. The maximum absolute atomic E-state index is 13.6. The summed E-state index contributed by atoms with van der Waals surface area (Å²) >= 11 is 0. The zero-order valence-corrected chi connectivity index (χ0v) is 10.8. The van der Waals surface area contributed by atoms with Crippen LogP contribution in [0.25, 0.3) is 0 Å². The molecule has 2 rings (SSSR count). The summed E-state index contributed by atoms with van der Waals surface area (Å²) in [6.07, 6.45) is -0.568. The molecular formula is C14H15F2NO3. The van der Waals surface area contributed by atoms with Crippen LogP contribution in [0.5, 0.6) is 0 Å². The normalized spacial score (nSPS) is 21.3. The summed E-state index contributed by atoms with van der Waals surface area (Å²) in [5.41, 5.74) is 0.787. The fourth-order valence-electron chi connectivity index (χ4n) is 2.09. The van der Waals surface area contributed by atoms with Gasteiger partial charge in [0.15, 0.2) is 0 Å². The molecule has 0 radical (unpaired) electrons. The van der Waals surface area contributed by atoms with Gasteiger partial charge in [0.2, 0.25) is 0 Å². The molecule has 6 heteroatoms. The Morgan fingerprint density at radius 1 is 1.40 bits per heavy atom. The SMILES string of the molecule is O=CC1CCN(C(=O)OCc2ccccc2)CC1(F)F. The van der Waals surface area contributed by atoms with Crippen LogP contribution in [0, 0.1) is 5.92 Å². The number of hydrogen-bond donors (Lipinski definition) is 0. The van der Waals surface area contributed by atoms with Crippen molar-refractivity contribution in [1.82, 2.24) is 4.90 Å². The van der Waals surface area contributed by atoms with E-state index in [4.69, 9.17) is 4.74 Å². The first-order valence-electron chi connectivity index (χ1n) is 6.31. The number of carbonyl (C=O) groups is 2. The number of carbonyl (C=O) groups excluding carboxylic acids is 2. The topological polar surface area (TPSA) is 46.6 Å². The minimum absolute atomic E-state index is 0.0405. The van der Waals surface area contributed by atoms with Gasteiger partial charge in [-0.05, 0) is 12.0 Å². The van der Waals surface area contributed by atoms with Crippen molar-refractivity contribution in [3.05, 3.63) is 35.9 Å². The zero-order valence-electron chi connectivity index (χ0n) is 10.8. The van der Waals surface area contributed by atoms with Crippen molar-refractivity contribution in [3.63, 3.8) is 0 Å². The van der Waals surface area contributed by atoms with E-state index in [0.29, 0.717) is 0 Å². The molecule has 1 saturated heterocycles. The van der Waals surface area contributed by atoms with Gasteiger partial charge in [0.05, 0.1) is 12.5 Å². The summed E-state index contributed by atoms with van der Waals surface area (Å²) < 4.78 is 32.1. The number of halogens is 2. The van der Waals surface area contributed by atoms with Crippen LogP contribution in [0.15, 0.2) is 30.3 Å². The molecule has 4 nitrogen and oxygen atoms in total. The molecule has 1 aliphatic rings. The number of nitrogens with zero attached hydrogens (tertiary/aromatic N) is 1. The van der Waals surface area contributed by atoms with Crippen LogP contribution in [0.2, 0.25) is 0 Å². The molecular weight excluding hydrogens is 268 g/mol. The molecule has 1 aromatic carbocycles. The Morgan fingerprint density at radius 3 is 2.70 bits per heavy atom. The first-order chi connectivity index (χ1) is 9.53. The van der Waals surface area contributed by atoms with Gasteiger partial charge in [0.1, 0.15) is 12.9 Å². The molecule has 108 valence electrons. The van der Waals surface area contributed by atoms with E-state index in [9.17, 15) is 18.4 Å². The monoisotopic (exact) mass is 283 g/mol. The van der Waals surface area contributed by atoms with Gasteiger partial charge < -0.3 is 14.4 Å². The van der Waals surface area contributed by atoms with E-state index in [2.05, 4.69) is 0 Å². The van der Waals surface area contributed by atoms with E-state index in [1.54, 1.807) is 24.3 Å². The molecule has 20 heavy (non-hydrogen) atoms. The minimum atomic E-state index is -3.19. The molecule has 1 unspecified atom stereocenters. The fourth-order valence-corrected chi connectivity index (χ4v) is 2.09. The quantitative estimate of drug-likeness (QED) is 0.801. The molecule has 1 atom stereocenters. The van der Waals surface area contributed by atoms with Crippen molar-refractivity contribution in [2.75, 3.05) is 13.1 Å². The molecule has 0 spiro atoms. The number of aldehydes is 1. The molecule has 0 saturated carbocycles. The fraction of sp³-hybridized carbons (Fsp3) is 0.429. The first-order valence-corrected chi connectivity index (χ1v) is 6.31. The van der Waals surface area contributed by atoms with E-state index in [0.717, 1.165) is 10.5 Å². The van der Waals surface area contributed by atoms with Crippen molar-refractivity contribution < 1.29 is 23.1 Å². The first kappa shape index (κ1) is 14.4. The Labute approximate surface area is 115 Å². The highest BCUT2D eigenvalue weighted by atomic mass is 19.3. The molecule has 0 bridgehead atoms. The van der Waals surface area contributed by atoms with Crippen LogP contribution in [0.1, 0.15) is 12.0 Å². The predicted molar refractivity (Wildman–Crippen MR) is 67.3 cm³/mol. The number of likely N-dealkylation sites (tertiary alicyclic amines) is 1. The lowest BCUT2D eigenvalue weighted by Gasteiger charge is -2.35. The minimum Gasteiger partial charge on any atom is -0.445 e. The van der Waals surface area contributed by atoms with Crippen molar-refractivity contribution in [3.8, 4) is 0 Å². The Morgan fingerprint density at radius 2 is 2.10 bits per heavy atom. The zero-order chi connectivity index (χ0) is 14.6. The smallest absolute Gasteiger partial charge is 0.410 e. The number of alkyl halides is 2. The number of piperidine rings is 1. The number of benzene rings is 1. The van der Waals surface area contributed by atoms with Gasteiger partial charge in [-0.1, -0.05) is 30.3 Å². The van der Waals surface area contributed by atoms with Crippen LogP contribution in [-0.2, 0) is 16.1 Å². The molecule has 0 aromatic heterocycles. The van der Waals surface area contributed by atoms with Crippen LogP contribution in [-0.4, -0.2) is 36.3 Å². The predicted octanol–water partition coefficient (Wildman–Crippen LogP) is 2.48. The Kier molecular flexibility index (Phi) is 4.32. The van der Waals surface area contributed by atoms with Crippen molar-refractivity contribution in [2.24, 2.45) is 5.92 Å². The Bertz CT molecular complexity index is 479. The van der Waals surface area contributed by atoms with Crippen LogP contribution >= 0.6 is 0 Å². The lowest BCUT2D eigenvalue weighted by Crippen LogP contribution is -2.51. The van der Waals surface area contributed by atoms with Crippen LogP contribution in [0.3, 0.4) is 0 Å². The third-order valence-corrected chi connectivity index (χ3v) is 3.28. The van der Waals surface area contributed by atoms with Crippen LogP contribution < -0.4 is 0 Å². The largest absolute Gasteiger partial charge is 0.445 e. The maximum Gasteiger partial charge on any atom is 0.410 e. The summed E-state index contributed by atoms with van der Waals surface area (Å²) in [6.45, 7) is -0.629. The van der Waals surface area contributed by atoms with E-state index in [1.165, 1.54) is 0 Å². The second-order valence-corrected chi connectivity index (χ2v) is 4.75. The van der Waals surface area contributed by atoms with Gasteiger partial charge in [0, 0.05) is 6.54 Å². The van der Waals surface area contributed by atoms with Crippen molar-refractivity contribution in [2.45, 2.75) is 19.0 Å². The lowest BCUT2D eigenvalue weighted by atomic mass is 9.95. The summed E-state index contributed by atoms with van der Waals surface area (Å²) in [7, 11) is 0. The molecule has 1 aliphatic heterocycles. The highest BCUT2D eigenvalue weighted by molar-refractivity contribution is 5.68. The summed E-state index contributed by atoms with van der Waals surface area (Å²) in [4.78, 5) is 23.2. The van der Waals surface area contributed by atoms with Crippen LogP contribution in [0.4, 0.5) is 13.6 Å². The standard InChI is InChI=1S/C14H15F2NO3/c15-14(16)10-17(7-6-12(14)8-18)13(19)20-9-11-4-2-1-3-5-11/h1-5,8,12H,6-7,9-10H2. The molecule has 1 aromatic rings. The second-order valence-electron chi connectivity index (χ2n) is 4.75. The average Bonchev–Trinajstić information content (AvgIpc) is 2.44. The molecule has 1 amide bonds. The van der Waals surface area contributed by atoms with Gasteiger partial charge in [-0.3, -0.25) is 0 Å². The van der Waals surface area contributed by atoms with Crippen molar-refractivity contribution in [1.29, 1.82) is 0 Å². The van der Waals surface area contributed by atoms with Crippen molar-refractivity contribution >= 4 is 12.4 Å². The molecule has 1 heterocycles. The van der Waals surface area contributed by atoms with Gasteiger partial charge >= 0.3 is 6.09 Å². The number of rotatable bonds is 3. The Balaban J connectivity index is 1.89. The number of ether oxygens (including phenoxy) is 1. The second kappa shape index (κ2) is 5.98. The lowest BCUT2D eigenvalue weighted by molar-refractivity contribution is -0.136. The highest BCUT2D eigenvalue weighted by Crippen LogP contribution is 2.31. The third-order valence-electron chi connectivity index (χ3n) is 3.28. The third kappa shape index (κ3) is 3.31. The summed E-state index contributed by atoms with van der Waals surface area (Å²) in [5, 5.41) is 0. The Hall–Kier alpha value is -1.98. The molecule has 0 aliphatic carbocycles.